The molecule has 148 valence electrons. The minimum Gasteiger partial charge on any atom is -0.462 e. The number of nitrogens with two attached hydrogens (primary N) is 1. The maximum Gasteiger partial charge on any atom is 0.387 e. The molecule has 1 atom stereocenters. The molecule has 4 rings (SSSR count). The van der Waals surface area contributed by atoms with Crippen molar-refractivity contribution in [1.29, 1.82) is 0 Å². The topological polar surface area (TPSA) is 69.7 Å². The number of alkyl halides is 2. The lowest BCUT2D eigenvalue weighted by atomic mass is 9.83. The molecule has 0 saturated carbocycles. The summed E-state index contributed by atoms with van der Waals surface area (Å²) in [5.41, 5.74) is 7.62. The molecule has 0 aliphatic carbocycles. The van der Waals surface area contributed by atoms with Crippen LogP contribution in [-0.4, -0.2) is 24.2 Å². The zero-order valence-electron chi connectivity index (χ0n) is 15.1. The normalized spacial score (nSPS) is 18.4. The van der Waals surface area contributed by atoms with Crippen molar-refractivity contribution in [3.63, 3.8) is 0 Å². The van der Waals surface area contributed by atoms with E-state index in [0.717, 1.165) is 17.3 Å². The number of nitrogens with zero attached hydrogens (tertiary/aromatic N) is 2. The molecule has 1 aliphatic heterocycles. The van der Waals surface area contributed by atoms with E-state index < -0.39 is 18.0 Å². The van der Waals surface area contributed by atoms with Crippen molar-refractivity contribution in [3.8, 4) is 16.9 Å². The number of aliphatic imine (C=N–C) groups is 1. The largest absolute Gasteiger partial charge is 0.462 e. The maximum absolute atomic E-state index is 13.6. The van der Waals surface area contributed by atoms with E-state index in [4.69, 9.17) is 10.5 Å². The average molecular weight is 399 g/mol. The summed E-state index contributed by atoms with van der Waals surface area (Å²) in [7, 11) is 0. The lowest BCUT2D eigenvalue weighted by Crippen LogP contribution is -2.27. The molecule has 3 aromatic rings. The number of hydrogen-bond acceptors (Lipinski definition) is 5. The van der Waals surface area contributed by atoms with Crippen molar-refractivity contribution in [2.75, 3.05) is 6.61 Å². The van der Waals surface area contributed by atoms with E-state index in [0.29, 0.717) is 11.1 Å². The second kappa shape index (κ2) is 7.46. The number of pyridine rings is 1. The molecule has 0 spiro atoms. The monoisotopic (exact) mass is 399 g/mol. The Bertz CT molecular complexity index is 1060. The molecule has 2 N–H and O–H groups in total. The Hall–Kier alpha value is -3.55. The van der Waals surface area contributed by atoms with Gasteiger partial charge in [-0.2, -0.15) is 8.78 Å². The van der Waals surface area contributed by atoms with Gasteiger partial charge in [-0.3, -0.25) is 4.98 Å². The quantitative estimate of drug-likeness (QED) is 0.702. The van der Waals surface area contributed by atoms with Gasteiger partial charge in [-0.25, -0.2) is 9.38 Å². The third-order valence-electron chi connectivity index (χ3n) is 4.67. The molecule has 1 aromatic heterocycles. The minimum absolute atomic E-state index is 0.0238. The van der Waals surface area contributed by atoms with Gasteiger partial charge in [0.05, 0.1) is 6.20 Å². The Morgan fingerprint density at radius 1 is 1.00 bits per heavy atom. The molecule has 1 unspecified atom stereocenters. The van der Waals surface area contributed by atoms with Crippen LogP contribution in [-0.2, 0) is 10.3 Å². The number of benzene rings is 2. The zero-order valence-corrected chi connectivity index (χ0v) is 15.1. The van der Waals surface area contributed by atoms with Crippen LogP contribution >= 0.6 is 0 Å². The highest BCUT2D eigenvalue weighted by molar-refractivity contribution is 5.75. The predicted octanol–water partition coefficient (Wildman–Crippen LogP) is 4.08. The van der Waals surface area contributed by atoms with E-state index >= 15 is 0 Å². The molecule has 0 amide bonds. The molecule has 0 saturated heterocycles. The van der Waals surface area contributed by atoms with Gasteiger partial charge in [-0.1, -0.05) is 30.3 Å². The highest BCUT2D eigenvalue weighted by atomic mass is 19.3. The van der Waals surface area contributed by atoms with E-state index in [1.165, 1.54) is 18.2 Å². The summed E-state index contributed by atoms with van der Waals surface area (Å²) in [5.74, 6) is -0.405. The highest BCUT2D eigenvalue weighted by Crippen LogP contribution is 2.39. The van der Waals surface area contributed by atoms with E-state index in [-0.39, 0.29) is 18.4 Å². The molecular formula is C21H16F3N3O2. The van der Waals surface area contributed by atoms with Gasteiger partial charge in [0.15, 0.2) is 5.54 Å². The van der Waals surface area contributed by atoms with E-state index in [9.17, 15) is 13.2 Å². The Morgan fingerprint density at radius 3 is 2.45 bits per heavy atom. The third-order valence-corrected chi connectivity index (χ3v) is 4.67. The molecule has 0 radical (unpaired) electrons. The summed E-state index contributed by atoms with van der Waals surface area (Å²) >= 11 is 0. The summed E-state index contributed by atoms with van der Waals surface area (Å²) in [4.78, 5) is 8.38. The molecule has 0 bridgehead atoms. The molecule has 5 nitrogen and oxygen atoms in total. The van der Waals surface area contributed by atoms with Crippen molar-refractivity contribution in [3.05, 3.63) is 83.9 Å². The fraction of sp³-hybridized carbons (Fsp3) is 0.143. The van der Waals surface area contributed by atoms with Crippen LogP contribution in [0.4, 0.5) is 13.2 Å². The Balaban J connectivity index is 1.77. The lowest BCUT2D eigenvalue weighted by Gasteiger charge is -2.26. The van der Waals surface area contributed by atoms with E-state index in [1.807, 2.05) is 24.3 Å². The van der Waals surface area contributed by atoms with Gasteiger partial charge in [-0.05, 0) is 41.0 Å². The van der Waals surface area contributed by atoms with Crippen molar-refractivity contribution in [2.45, 2.75) is 12.2 Å². The first kappa shape index (κ1) is 18.8. The Kier molecular flexibility index (Phi) is 4.84. The summed E-state index contributed by atoms with van der Waals surface area (Å²) in [5, 5.41) is 0. The number of hydrogen-bond donors (Lipinski definition) is 1. The second-order valence-corrected chi connectivity index (χ2v) is 6.47. The molecule has 0 fully saturated rings. The Morgan fingerprint density at radius 2 is 1.79 bits per heavy atom. The summed E-state index contributed by atoms with van der Waals surface area (Å²) < 4.78 is 48.3. The van der Waals surface area contributed by atoms with Gasteiger partial charge in [0.25, 0.3) is 6.02 Å². The van der Waals surface area contributed by atoms with Crippen molar-refractivity contribution in [2.24, 2.45) is 10.7 Å². The zero-order chi connectivity index (χ0) is 20.4. The first-order valence-corrected chi connectivity index (χ1v) is 8.71. The number of ether oxygens (including phenoxy) is 2. The summed E-state index contributed by atoms with van der Waals surface area (Å²) in [6, 6.07) is 14.9. The standard InChI is InChI=1S/C21H16F3N3O2/c22-17-9-14(10-26-11-17)13-2-1-3-16(8-13)21(12-28-20(25)27-21)15-4-6-18(7-5-15)29-19(23)24/h1-11,19H,12H2,(H2,25,27). The average Bonchev–Trinajstić information content (AvgIpc) is 3.11. The van der Waals surface area contributed by atoms with Crippen molar-refractivity contribution in [1.82, 2.24) is 4.98 Å². The fourth-order valence-corrected chi connectivity index (χ4v) is 3.33. The molecule has 1 aliphatic rings. The van der Waals surface area contributed by atoms with Crippen LogP contribution in [0.1, 0.15) is 11.1 Å². The van der Waals surface area contributed by atoms with Crippen molar-refractivity contribution >= 4 is 6.02 Å². The molecule has 2 aromatic carbocycles. The van der Waals surface area contributed by atoms with Gasteiger partial charge >= 0.3 is 6.61 Å². The second-order valence-electron chi connectivity index (χ2n) is 6.47. The third kappa shape index (κ3) is 3.73. The van der Waals surface area contributed by atoms with Crippen LogP contribution in [0.2, 0.25) is 0 Å². The number of halogens is 3. The molecule has 2 heterocycles. The smallest absolute Gasteiger partial charge is 0.387 e. The number of amidine groups is 1. The molecule has 8 heteroatoms. The SMILES string of the molecule is NC1=NC(c2ccc(OC(F)F)cc2)(c2cccc(-c3cncc(F)c3)c2)CO1. The van der Waals surface area contributed by atoms with Gasteiger partial charge in [-0.15, -0.1) is 0 Å². The van der Waals surface area contributed by atoms with Crippen LogP contribution in [0.5, 0.6) is 5.75 Å². The summed E-state index contributed by atoms with van der Waals surface area (Å²) in [6.45, 7) is -2.77. The fourth-order valence-electron chi connectivity index (χ4n) is 3.33. The maximum atomic E-state index is 13.6. The van der Waals surface area contributed by atoms with Gasteiger partial charge in [0.1, 0.15) is 18.2 Å². The van der Waals surface area contributed by atoms with Gasteiger partial charge < -0.3 is 15.2 Å². The van der Waals surface area contributed by atoms with Crippen LogP contribution in [0.25, 0.3) is 11.1 Å². The van der Waals surface area contributed by atoms with Crippen LogP contribution < -0.4 is 10.5 Å². The van der Waals surface area contributed by atoms with Crippen molar-refractivity contribution < 1.29 is 22.6 Å². The van der Waals surface area contributed by atoms with E-state index in [2.05, 4.69) is 14.7 Å². The molecule has 29 heavy (non-hydrogen) atoms. The van der Waals surface area contributed by atoms with Crippen LogP contribution in [0.3, 0.4) is 0 Å². The molecular weight excluding hydrogens is 383 g/mol. The van der Waals surface area contributed by atoms with Crippen LogP contribution in [0.15, 0.2) is 72.0 Å². The number of aromatic nitrogens is 1. The first-order valence-electron chi connectivity index (χ1n) is 8.71. The van der Waals surface area contributed by atoms with E-state index in [1.54, 1.807) is 18.3 Å². The minimum atomic E-state index is -2.91. The Labute approximate surface area is 164 Å². The van der Waals surface area contributed by atoms with Gasteiger partial charge in [0.2, 0.25) is 0 Å². The first-order chi connectivity index (χ1) is 14.0. The summed E-state index contributed by atoms with van der Waals surface area (Å²) in [6.07, 6.45) is 2.70. The van der Waals surface area contributed by atoms with Gasteiger partial charge in [0, 0.05) is 11.8 Å². The highest BCUT2D eigenvalue weighted by Gasteiger charge is 2.40. The van der Waals surface area contributed by atoms with Crippen LogP contribution in [0, 0.1) is 5.82 Å². The predicted molar refractivity (Wildman–Crippen MR) is 101 cm³/mol. The number of rotatable bonds is 5. The lowest BCUT2D eigenvalue weighted by molar-refractivity contribution is -0.0498.